The fourth-order valence-corrected chi connectivity index (χ4v) is 2.31. The average molecular weight is 250 g/mol. The molecule has 0 amide bonds. The van der Waals surface area contributed by atoms with Crippen LogP contribution >= 0.6 is 0 Å². The molecular formula is C18H18O. The van der Waals surface area contributed by atoms with Crippen LogP contribution in [-0.2, 0) is 0 Å². The molecule has 1 N–H and O–H groups in total. The van der Waals surface area contributed by atoms with Gasteiger partial charge in [-0.25, -0.2) is 0 Å². The second-order valence-electron chi connectivity index (χ2n) is 4.77. The molecule has 0 aliphatic heterocycles. The summed E-state index contributed by atoms with van der Waals surface area (Å²) in [6.07, 6.45) is 5.13. The van der Waals surface area contributed by atoms with Crippen molar-refractivity contribution in [1.82, 2.24) is 0 Å². The van der Waals surface area contributed by atoms with Crippen LogP contribution in [0.25, 0.3) is 0 Å². The lowest BCUT2D eigenvalue weighted by atomic mass is 9.85. The minimum absolute atomic E-state index is 0.0714. The van der Waals surface area contributed by atoms with Crippen molar-refractivity contribution >= 4 is 0 Å². The number of rotatable bonds is 4. The Morgan fingerprint density at radius 1 is 1.00 bits per heavy atom. The van der Waals surface area contributed by atoms with Crippen molar-refractivity contribution in [1.29, 1.82) is 0 Å². The molecule has 19 heavy (non-hydrogen) atoms. The van der Waals surface area contributed by atoms with Gasteiger partial charge >= 0.3 is 0 Å². The Morgan fingerprint density at radius 2 is 1.58 bits per heavy atom. The maximum atomic E-state index is 10.3. The van der Waals surface area contributed by atoms with Crippen molar-refractivity contribution < 1.29 is 5.11 Å². The zero-order chi connectivity index (χ0) is 13.7. The van der Waals surface area contributed by atoms with Crippen molar-refractivity contribution in [2.24, 2.45) is 0 Å². The van der Waals surface area contributed by atoms with Gasteiger partial charge in [0, 0.05) is 12.3 Å². The number of aliphatic hydroxyl groups excluding tert-OH is 1. The quantitative estimate of drug-likeness (QED) is 0.823. The molecule has 0 fully saturated rings. The molecule has 0 radical (unpaired) electrons. The number of hydrogen-bond acceptors (Lipinski definition) is 1. The highest BCUT2D eigenvalue weighted by Gasteiger charge is 2.22. The molecular weight excluding hydrogens is 232 g/mol. The van der Waals surface area contributed by atoms with Crippen LogP contribution in [0, 0.1) is 19.3 Å². The lowest BCUT2D eigenvalue weighted by Crippen LogP contribution is -2.19. The smallest absolute Gasteiger partial charge is 0.0758 e. The van der Waals surface area contributed by atoms with Crippen molar-refractivity contribution in [3.8, 4) is 12.3 Å². The molecule has 0 saturated carbocycles. The maximum absolute atomic E-state index is 10.3. The van der Waals surface area contributed by atoms with E-state index < -0.39 is 6.10 Å². The number of aryl methyl sites for hydroxylation is 1. The topological polar surface area (TPSA) is 20.2 Å². The summed E-state index contributed by atoms with van der Waals surface area (Å²) in [5.41, 5.74) is 3.40. The van der Waals surface area contributed by atoms with E-state index in [1.165, 1.54) is 5.56 Å². The molecule has 1 nitrogen and oxygen atoms in total. The van der Waals surface area contributed by atoms with Gasteiger partial charge in [-0.1, -0.05) is 60.2 Å². The summed E-state index contributed by atoms with van der Waals surface area (Å²) in [5, 5.41) is 10.3. The minimum atomic E-state index is -0.560. The van der Waals surface area contributed by atoms with Crippen LogP contribution in [0.3, 0.4) is 0 Å². The Bertz CT molecular complexity index is 548. The Labute approximate surface area is 114 Å². The van der Waals surface area contributed by atoms with Gasteiger partial charge in [-0.15, -0.1) is 12.3 Å². The summed E-state index contributed by atoms with van der Waals surface area (Å²) < 4.78 is 0. The summed E-state index contributed by atoms with van der Waals surface area (Å²) in [6, 6.07) is 18.3. The van der Waals surface area contributed by atoms with Gasteiger partial charge in [0.15, 0.2) is 0 Å². The van der Waals surface area contributed by atoms with E-state index in [1.807, 2.05) is 30.3 Å². The number of aliphatic hydroxyl groups is 1. The maximum Gasteiger partial charge on any atom is 0.0758 e. The summed E-state index contributed by atoms with van der Waals surface area (Å²) >= 11 is 0. The highest BCUT2D eigenvalue weighted by Crippen LogP contribution is 2.29. The molecule has 1 heteroatoms. The zero-order valence-electron chi connectivity index (χ0n) is 11.1. The molecule has 0 aliphatic carbocycles. The number of terminal acetylenes is 1. The molecule has 0 heterocycles. The third-order valence-electron chi connectivity index (χ3n) is 3.31. The molecule has 2 rings (SSSR count). The lowest BCUT2D eigenvalue weighted by molar-refractivity contribution is 0.162. The monoisotopic (exact) mass is 250 g/mol. The summed E-state index contributed by atoms with van der Waals surface area (Å²) in [4.78, 5) is 0. The third-order valence-corrected chi connectivity index (χ3v) is 3.31. The normalized spacial score (nSPS) is 13.5. The highest BCUT2D eigenvalue weighted by atomic mass is 16.3. The van der Waals surface area contributed by atoms with E-state index in [9.17, 15) is 5.11 Å². The van der Waals surface area contributed by atoms with Gasteiger partial charge in [-0.05, 0) is 18.1 Å². The van der Waals surface area contributed by atoms with E-state index in [2.05, 4.69) is 37.1 Å². The largest absolute Gasteiger partial charge is 0.391 e. The van der Waals surface area contributed by atoms with Crippen molar-refractivity contribution in [3.63, 3.8) is 0 Å². The molecule has 0 aromatic heterocycles. The summed E-state index contributed by atoms with van der Waals surface area (Å²) in [5.74, 6) is 2.48. The zero-order valence-corrected chi connectivity index (χ0v) is 11.1. The van der Waals surface area contributed by atoms with E-state index in [0.29, 0.717) is 6.42 Å². The second-order valence-corrected chi connectivity index (χ2v) is 4.77. The standard InChI is InChI=1S/C18H18O/c1-3-7-17(19)18(15-8-5-4-6-9-15)16-12-10-14(2)11-13-16/h1,4-6,8-13,17-19H,7H2,2H3. The van der Waals surface area contributed by atoms with Gasteiger partial charge in [0.25, 0.3) is 0 Å². The van der Waals surface area contributed by atoms with Gasteiger partial charge < -0.3 is 5.11 Å². The van der Waals surface area contributed by atoms with Crippen molar-refractivity contribution in [2.75, 3.05) is 0 Å². The molecule has 0 saturated heterocycles. The van der Waals surface area contributed by atoms with Crippen LogP contribution in [0.5, 0.6) is 0 Å². The van der Waals surface area contributed by atoms with Crippen LogP contribution in [0.1, 0.15) is 29.0 Å². The van der Waals surface area contributed by atoms with E-state index >= 15 is 0 Å². The Balaban J connectivity index is 2.40. The highest BCUT2D eigenvalue weighted by molar-refractivity contribution is 5.35. The van der Waals surface area contributed by atoms with Crippen LogP contribution < -0.4 is 0 Å². The van der Waals surface area contributed by atoms with Crippen LogP contribution in [-0.4, -0.2) is 11.2 Å². The predicted molar refractivity (Wildman–Crippen MR) is 78.9 cm³/mol. The predicted octanol–water partition coefficient (Wildman–Crippen LogP) is 3.51. The molecule has 2 aromatic carbocycles. The lowest BCUT2D eigenvalue weighted by Gasteiger charge is -2.22. The molecule has 0 aliphatic rings. The third kappa shape index (κ3) is 3.24. The van der Waals surface area contributed by atoms with Gasteiger partial charge in [-0.3, -0.25) is 0 Å². The Morgan fingerprint density at radius 3 is 2.16 bits per heavy atom. The molecule has 0 spiro atoms. The second kappa shape index (κ2) is 6.22. The first-order valence-electron chi connectivity index (χ1n) is 6.45. The van der Waals surface area contributed by atoms with Gasteiger partial charge in [0.05, 0.1) is 6.10 Å². The molecule has 2 aromatic rings. The minimum Gasteiger partial charge on any atom is -0.391 e. The van der Waals surface area contributed by atoms with Crippen LogP contribution in [0.4, 0.5) is 0 Å². The molecule has 0 bridgehead atoms. The van der Waals surface area contributed by atoms with Gasteiger partial charge in [0.1, 0.15) is 0 Å². The first kappa shape index (κ1) is 13.4. The van der Waals surface area contributed by atoms with Gasteiger partial charge in [0.2, 0.25) is 0 Å². The molecule has 96 valence electrons. The fraction of sp³-hybridized carbons (Fsp3) is 0.222. The van der Waals surface area contributed by atoms with Crippen molar-refractivity contribution in [2.45, 2.75) is 25.4 Å². The van der Waals surface area contributed by atoms with E-state index in [-0.39, 0.29) is 5.92 Å². The Hall–Kier alpha value is -2.04. The van der Waals surface area contributed by atoms with Crippen LogP contribution in [0.15, 0.2) is 54.6 Å². The number of benzene rings is 2. The van der Waals surface area contributed by atoms with E-state index in [4.69, 9.17) is 6.42 Å². The summed E-state index contributed by atoms with van der Waals surface area (Å²) in [7, 11) is 0. The molecule has 2 atom stereocenters. The first-order valence-corrected chi connectivity index (χ1v) is 6.45. The number of hydrogen-bond donors (Lipinski definition) is 1. The summed E-state index contributed by atoms with van der Waals surface area (Å²) in [6.45, 7) is 2.05. The SMILES string of the molecule is C#CCC(O)C(c1ccccc1)c1ccc(C)cc1. The van der Waals surface area contributed by atoms with E-state index in [0.717, 1.165) is 11.1 Å². The van der Waals surface area contributed by atoms with E-state index in [1.54, 1.807) is 0 Å². The average Bonchev–Trinajstić information content (AvgIpc) is 2.43. The molecule has 2 unspecified atom stereocenters. The van der Waals surface area contributed by atoms with Crippen LogP contribution in [0.2, 0.25) is 0 Å². The van der Waals surface area contributed by atoms with Crippen molar-refractivity contribution in [3.05, 3.63) is 71.3 Å². The first-order chi connectivity index (χ1) is 9.22. The Kier molecular flexibility index (Phi) is 4.39. The van der Waals surface area contributed by atoms with Gasteiger partial charge in [-0.2, -0.15) is 0 Å². The fourth-order valence-electron chi connectivity index (χ4n) is 2.31.